The van der Waals surface area contributed by atoms with Crippen LogP contribution in [0.1, 0.15) is 48.6 Å². The average Bonchev–Trinajstić information content (AvgIpc) is 3.09. The van der Waals surface area contributed by atoms with Crippen molar-refractivity contribution in [2.75, 3.05) is 11.9 Å². The van der Waals surface area contributed by atoms with Crippen LogP contribution in [0.4, 0.5) is 5.69 Å². The van der Waals surface area contributed by atoms with Gasteiger partial charge < -0.3 is 14.6 Å². The number of carbonyl (C=O) groups is 2. The third kappa shape index (κ3) is 4.18. The Hall–Kier alpha value is -3.49. The Balaban J connectivity index is 1.87. The van der Waals surface area contributed by atoms with Crippen molar-refractivity contribution in [2.45, 2.75) is 40.2 Å². The van der Waals surface area contributed by atoms with Gasteiger partial charge in [-0.1, -0.05) is 31.1 Å². The van der Waals surface area contributed by atoms with E-state index in [2.05, 4.69) is 29.3 Å². The molecule has 9 heteroatoms. The molecule has 2 aromatic heterocycles. The van der Waals surface area contributed by atoms with Crippen LogP contribution in [0.3, 0.4) is 0 Å². The topological polar surface area (TPSA) is 116 Å². The van der Waals surface area contributed by atoms with E-state index in [0.29, 0.717) is 11.6 Å². The lowest BCUT2D eigenvalue weighted by Gasteiger charge is -2.11. The molecule has 0 saturated carbocycles. The summed E-state index contributed by atoms with van der Waals surface area (Å²) < 4.78 is 11.0. The molecule has 0 spiro atoms. The number of ether oxygens (including phenoxy) is 1. The number of fused-ring (bicyclic) bond motifs is 1. The molecular formula is C20H22N4O5. The van der Waals surface area contributed by atoms with Gasteiger partial charge in [-0.05, 0) is 37.5 Å². The molecule has 1 N–H and O–H groups in total. The molecule has 0 saturated heterocycles. The van der Waals surface area contributed by atoms with Gasteiger partial charge in [-0.3, -0.25) is 14.2 Å². The van der Waals surface area contributed by atoms with E-state index in [0.717, 1.165) is 5.56 Å². The van der Waals surface area contributed by atoms with Gasteiger partial charge in [0.05, 0.1) is 6.61 Å². The van der Waals surface area contributed by atoms with Crippen molar-refractivity contribution in [2.24, 2.45) is 0 Å². The number of benzene rings is 1. The molecule has 0 fully saturated rings. The molecule has 9 nitrogen and oxygen atoms in total. The summed E-state index contributed by atoms with van der Waals surface area (Å²) in [6, 6.07) is 7.49. The van der Waals surface area contributed by atoms with Crippen LogP contribution < -0.4 is 10.9 Å². The maximum Gasteiger partial charge on any atom is 0.361 e. The number of aryl methyl sites for hydroxylation is 1. The van der Waals surface area contributed by atoms with Gasteiger partial charge in [0.15, 0.2) is 0 Å². The van der Waals surface area contributed by atoms with Crippen molar-refractivity contribution < 1.29 is 18.8 Å². The molecule has 1 aromatic carbocycles. The van der Waals surface area contributed by atoms with Gasteiger partial charge in [0.2, 0.25) is 11.6 Å². The number of carbonyl (C=O) groups excluding carboxylic acids is 2. The quantitative estimate of drug-likeness (QED) is 0.634. The fourth-order valence-electron chi connectivity index (χ4n) is 2.86. The van der Waals surface area contributed by atoms with E-state index in [9.17, 15) is 14.4 Å². The van der Waals surface area contributed by atoms with Gasteiger partial charge in [-0.15, -0.1) is 0 Å². The molecule has 1 amide bonds. The van der Waals surface area contributed by atoms with Gasteiger partial charge >= 0.3 is 5.97 Å². The summed E-state index contributed by atoms with van der Waals surface area (Å²) in [6.45, 7) is 7.23. The monoisotopic (exact) mass is 398 g/mol. The summed E-state index contributed by atoms with van der Waals surface area (Å²) in [4.78, 5) is 41.5. The summed E-state index contributed by atoms with van der Waals surface area (Å²) in [5.74, 6) is -0.534. The molecule has 3 rings (SSSR count). The Labute approximate surface area is 166 Å². The van der Waals surface area contributed by atoms with Crippen molar-refractivity contribution in [3.05, 3.63) is 51.7 Å². The van der Waals surface area contributed by atoms with Crippen LogP contribution in [-0.4, -0.2) is 33.2 Å². The standard InChI is InChI=1S/C20H22N4O5/c1-5-28-20(27)17-16-18(29-23-17)21-12(4)24(19(16)26)10-15(25)22-14-8-6-13(7-9-14)11(2)3/h6-9,11H,5,10H2,1-4H3,(H,22,25). The van der Waals surface area contributed by atoms with Crippen LogP contribution in [0.5, 0.6) is 0 Å². The van der Waals surface area contributed by atoms with Crippen molar-refractivity contribution in [1.29, 1.82) is 0 Å². The molecule has 29 heavy (non-hydrogen) atoms. The zero-order chi connectivity index (χ0) is 21.1. The number of esters is 1. The number of nitrogens with one attached hydrogen (secondary N) is 1. The highest BCUT2D eigenvalue weighted by atomic mass is 16.5. The maximum atomic E-state index is 12.9. The molecule has 0 aliphatic carbocycles. The predicted octanol–water partition coefficient (Wildman–Crippen LogP) is 2.63. The van der Waals surface area contributed by atoms with Crippen LogP contribution in [0, 0.1) is 6.92 Å². The number of hydrogen-bond donors (Lipinski definition) is 1. The van der Waals surface area contributed by atoms with Crippen molar-refractivity contribution >= 4 is 28.7 Å². The van der Waals surface area contributed by atoms with Gasteiger partial charge in [-0.25, -0.2) is 4.79 Å². The van der Waals surface area contributed by atoms with Crippen molar-refractivity contribution in [3.8, 4) is 0 Å². The largest absolute Gasteiger partial charge is 0.461 e. The van der Waals surface area contributed by atoms with E-state index in [1.165, 1.54) is 4.57 Å². The van der Waals surface area contributed by atoms with Crippen LogP contribution in [0.2, 0.25) is 0 Å². The lowest BCUT2D eigenvalue weighted by Crippen LogP contribution is -2.30. The van der Waals surface area contributed by atoms with E-state index >= 15 is 0 Å². The third-order valence-electron chi connectivity index (χ3n) is 4.42. The van der Waals surface area contributed by atoms with Crippen LogP contribution >= 0.6 is 0 Å². The SMILES string of the molecule is CCOC(=O)c1noc2nc(C)n(CC(=O)Nc3ccc(C(C)C)cc3)c(=O)c12. The summed E-state index contributed by atoms with van der Waals surface area (Å²) in [7, 11) is 0. The van der Waals surface area contributed by atoms with E-state index in [-0.39, 0.29) is 35.8 Å². The first-order valence-electron chi connectivity index (χ1n) is 9.25. The second-order valence-corrected chi connectivity index (χ2v) is 6.81. The fraction of sp³-hybridized carbons (Fsp3) is 0.350. The fourth-order valence-corrected chi connectivity index (χ4v) is 2.86. The Bertz CT molecular complexity index is 1110. The first-order valence-corrected chi connectivity index (χ1v) is 9.25. The first-order chi connectivity index (χ1) is 13.8. The van der Waals surface area contributed by atoms with Gasteiger partial charge in [-0.2, -0.15) is 4.98 Å². The Morgan fingerprint density at radius 3 is 2.55 bits per heavy atom. The zero-order valence-corrected chi connectivity index (χ0v) is 16.7. The van der Waals surface area contributed by atoms with Crippen LogP contribution in [0.25, 0.3) is 11.1 Å². The summed E-state index contributed by atoms with van der Waals surface area (Å²) >= 11 is 0. The van der Waals surface area contributed by atoms with Gasteiger partial charge in [0, 0.05) is 5.69 Å². The minimum absolute atomic E-state index is 0.0727. The number of amides is 1. The Kier molecular flexibility index (Phi) is 5.76. The lowest BCUT2D eigenvalue weighted by atomic mass is 10.0. The normalized spacial score (nSPS) is 11.1. The third-order valence-corrected chi connectivity index (χ3v) is 4.42. The second kappa shape index (κ2) is 8.26. The average molecular weight is 398 g/mol. The van der Waals surface area contributed by atoms with Gasteiger partial charge in [0.25, 0.3) is 11.3 Å². The summed E-state index contributed by atoms with van der Waals surface area (Å²) in [6.07, 6.45) is 0. The number of nitrogens with zero attached hydrogens (tertiary/aromatic N) is 3. The molecule has 0 bridgehead atoms. The zero-order valence-electron chi connectivity index (χ0n) is 16.7. The van der Waals surface area contributed by atoms with Gasteiger partial charge in [0.1, 0.15) is 17.8 Å². The van der Waals surface area contributed by atoms with E-state index in [1.807, 2.05) is 24.3 Å². The molecule has 2 heterocycles. The molecule has 0 radical (unpaired) electrons. The Morgan fingerprint density at radius 2 is 1.93 bits per heavy atom. The Morgan fingerprint density at radius 1 is 1.24 bits per heavy atom. The van der Waals surface area contributed by atoms with Crippen molar-refractivity contribution in [1.82, 2.24) is 14.7 Å². The number of anilines is 1. The highest BCUT2D eigenvalue weighted by molar-refractivity contribution is 6.00. The highest BCUT2D eigenvalue weighted by Gasteiger charge is 2.24. The molecule has 0 aliphatic rings. The molecule has 152 valence electrons. The molecule has 3 aromatic rings. The number of rotatable bonds is 6. The smallest absolute Gasteiger partial charge is 0.361 e. The van der Waals surface area contributed by atoms with Crippen LogP contribution in [0.15, 0.2) is 33.6 Å². The van der Waals surface area contributed by atoms with E-state index in [4.69, 9.17) is 9.26 Å². The summed E-state index contributed by atoms with van der Waals surface area (Å²) in [5.41, 5.74) is 0.858. The highest BCUT2D eigenvalue weighted by Crippen LogP contribution is 2.17. The predicted molar refractivity (Wildman–Crippen MR) is 106 cm³/mol. The van der Waals surface area contributed by atoms with E-state index < -0.39 is 17.4 Å². The second-order valence-electron chi connectivity index (χ2n) is 6.81. The molecule has 0 unspecified atom stereocenters. The first kappa shape index (κ1) is 20.2. The summed E-state index contributed by atoms with van der Waals surface area (Å²) in [5, 5.41) is 6.25. The number of hydrogen-bond acceptors (Lipinski definition) is 7. The van der Waals surface area contributed by atoms with Crippen LogP contribution in [-0.2, 0) is 16.1 Å². The minimum Gasteiger partial charge on any atom is -0.461 e. The minimum atomic E-state index is -0.782. The van der Waals surface area contributed by atoms with Crippen molar-refractivity contribution in [3.63, 3.8) is 0 Å². The number of aromatic nitrogens is 3. The lowest BCUT2D eigenvalue weighted by molar-refractivity contribution is -0.116. The molecule has 0 atom stereocenters. The molecule has 0 aliphatic heterocycles. The maximum absolute atomic E-state index is 12.9. The molecular weight excluding hydrogens is 376 g/mol. The van der Waals surface area contributed by atoms with E-state index in [1.54, 1.807) is 13.8 Å².